The summed E-state index contributed by atoms with van der Waals surface area (Å²) < 4.78 is 58.5. The fraction of sp³-hybridized carbons (Fsp3) is 0.349. The predicted octanol–water partition coefficient (Wildman–Crippen LogP) is 7.81. The largest absolute Gasteiger partial charge is 0.616 e. The molecule has 0 aromatic heterocycles. The van der Waals surface area contributed by atoms with Crippen molar-refractivity contribution in [2.45, 2.75) is 70.3 Å². The Labute approximate surface area is 348 Å². The number of hydrogen-bond acceptors (Lipinski definition) is 10. The zero-order valence-electron chi connectivity index (χ0n) is 32.4. The number of nitrogens with zero attached hydrogens (tertiary/aromatic N) is 3. The lowest BCUT2D eigenvalue weighted by Gasteiger charge is -2.47. The van der Waals surface area contributed by atoms with Crippen molar-refractivity contribution in [3.05, 3.63) is 129 Å². The highest BCUT2D eigenvalue weighted by molar-refractivity contribution is 7.91. The van der Waals surface area contributed by atoms with Crippen LogP contribution < -0.4 is 14.2 Å². The average molecular weight is 852 g/mol. The smallest absolute Gasteiger partial charge is 0.416 e. The predicted molar refractivity (Wildman–Crippen MR) is 214 cm³/mol. The molecule has 3 unspecified atom stereocenters. The fourth-order valence-corrected chi connectivity index (χ4v) is 9.44. The molecule has 7 rings (SSSR count). The van der Waals surface area contributed by atoms with Gasteiger partial charge in [0.25, 0.3) is 5.91 Å². The number of amides is 2. The van der Waals surface area contributed by atoms with Gasteiger partial charge in [0.15, 0.2) is 11.6 Å². The number of carbonyl (C=O) groups excluding carboxylic acids is 2. The van der Waals surface area contributed by atoms with Crippen molar-refractivity contribution in [3.8, 4) is 17.2 Å². The summed E-state index contributed by atoms with van der Waals surface area (Å²) in [7, 11) is 1.60. The molecule has 1 aliphatic carbocycles. The number of halogens is 3. The Balaban J connectivity index is 1.19. The second-order valence-electron chi connectivity index (χ2n) is 14.7. The molecule has 2 bridgehead atoms. The molecule has 312 valence electrons. The molecule has 4 aromatic rings. The Morgan fingerprint density at radius 2 is 1.73 bits per heavy atom. The van der Waals surface area contributed by atoms with Gasteiger partial charge in [0, 0.05) is 18.2 Å². The summed E-state index contributed by atoms with van der Waals surface area (Å²) in [6, 6.07) is 20.4. The Morgan fingerprint density at radius 1 is 0.983 bits per heavy atom. The second-order valence-corrected chi connectivity index (χ2v) is 16.6. The first-order valence-electron chi connectivity index (χ1n) is 19.2. The van der Waals surface area contributed by atoms with Gasteiger partial charge >= 0.3 is 6.09 Å². The first kappa shape index (κ1) is 42.4. The SMILES string of the molecule is COc1cccc(CN(C(=O)C2=C(c3ccc(CCCOc4c(F)ccc(F)c4Cl)cc3)CC3C[S+]([O-])CC2N3C(=O)Oc2cccc(CON(O)O)c2)C2CC2)c1C. The molecule has 2 heterocycles. The lowest BCUT2D eigenvalue weighted by molar-refractivity contribution is -0.497. The number of ether oxygens (including phenoxy) is 3. The summed E-state index contributed by atoms with van der Waals surface area (Å²) in [6.07, 6.45) is 2.24. The topological polar surface area (TPSA) is 144 Å². The summed E-state index contributed by atoms with van der Waals surface area (Å²) in [5.74, 6) is -0.964. The summed E-state index contributed by atoms with van der Waals surface area (Å²) in [5, 5.41) is 17.1. The van der Waals surface area contributed by atoms with Crippen molar-refractivity contribution in [2.24, 2.45) is 0 Å². The molecule has 16 heteroatoms. The van der Waals surface area contributed by atoms with Crippen LogP contribution in [0, 0.1) is 18.6 Å². The van der Waals surface area contributed by atoms with Crippen molar-refractivity contribution in [1.82, 2.24) is 15.2 Å². The number of hydrogen-bond donors (Lipinski definition) is 2. The van der Waals surface area contributed by atoms with Crippen molar-refractivity contribution >= 4 is 40.4 Å². The highest BCUT2D eigenvalue weighted by atomic mass is 35.5. The van der Waals surface area contributed by atoms with E-state index in [4.69, 9.17) is 41.1 Å². The molecule has 1 saturated heterocycles. The molecule has 3 aliphatic rings. The molecule has 2 fully saturated rings. The molecular weight excluding hydrogens is 808 g/mol. The van der Waals surface area contributed by atoms with Gasteiger partial charge in [-0.15, -0.1) is 0 Å². The third kappa shape index (κ3) is 9.84. The van der Waals surface area contributed by atoms with E-state index in [0.717, 1.165) is 52.8 Å². The zero-order chi connectivity index (χ0) is 41.8. The minimum absolute atomic E-state index is 0.0203. The van der Waals surface area contributed by atoms with E-state index in [2.05, 4.69) is 0 Å². The third-order valence-corrected chi connectivity index (χ3v) is 12.6. The minimum Gasteiger partial charge on any atom is -0.616 e. The van der Waals surface area contributed by atoms with Gasteiger partial charge < -0.3 is 23.7 Å². The maximum atomic E-state index is 15.2. The van der Waals surface area contributed by atoms with Gasteiger partial charge in [0.1, 0.15) is 39.9 Å². The molecule has 59 heavy (non-hydrogen) atoms. The number of methoxy groups -OCH3 is 1. The average Bonchev–Trinajstić information content (AvgIpc) is 4.06. The van der Waals surface area contributed by atoms with Gasteiger partial charge in [-0.25, -0.2) is 18.4 Å². The lowest BCUT2D eigenvalue weighted by atomic mass is 9.84. The first-order chi connectivity index (χ1) is 28.4. The summed E-state index contributed by atoms with van der Waals surface area (Å²) in [4.78, 5) is 37.5. The molecular formula is C43H44ClF2N3O9S. The molecule has 2 amide bonds. The highest BCUT2D eigenvalue weighted by Gasteiger charge is 2.51. The van der Waals surface area contributed by atoms with Crippen molar-refractivity contribution in [3.63, 3.8) is 0 Å². The van der Waals surface area contributed by atoms with Crippen molar-refractivity contribution < 1.29 is 52.4 Å². The van der Waals surface area contributed by atoms with Crippen LogP contribution in [0.3, 0.4) is 0 Å². The van der Waals surface area contributed by atoms with E-state index >= 15 is 4.79 Å². The van der Waals surface area contributed by atoms with Crippen molar-refractivity contribution in [1.29, 1.82) is 0 Å². The van der Waals surface area contributed by atoms with Gasteiger partial charge in [-0.2, -0.15) is 0 Å². The fourth-order valence-electron chi connectivity index (χ4n) is 7.71. The van der Waals surface area contributed by atoms with Crippen LogP contribution in [0.15, 0.2) is 84.4 Å². The first-order valence-corrected chi connectivity index (χ1v) is 21.0. The summed E-state index contributed by atoms with van der Waals surface area (Å²) >= 11 is 4.57. The Hall–Kier alpha value is -4.74. The highest BCUT2D eigenvalue weighted by Crippen LogP contribution is 2.42. The van der Waals surface area contributed by atoms with E-state index in [9.17, 15) is 18.1 Å². The van der Waals surface area contributed by atoms with Crippen LogP contribution in [0.2, 0.25) is 5.02 Å². The van der Waals surface area contributed by atoms with Gasteiger partial charge in [-0.3, -0.25) is 20.1 Å². The number of benzene rings is 4. The third-order valence-electron chi connectivity index (χ3n) is 10.8. The van der Waals surface area contributed by atoms with E-state index in [0.29, 0.717) is 36.3 Å². The number of fused-ring (bicyclic) bond motifs is 2. The van der Waals surface area contributed by atoms with Crippen LogP contribution in [-0.4, -0.2) is 85.5 Å². The standard InChI is InChI=1S/C43H44ClF2N3O9S/c1-26-30(8-4-10-38(26)55-2)22-47(31-15-16-31)42(50)39-34(29-13-11-27(12-14-29)7-5-19-56-41-36(46)18-17-35(45)40(41)44)21-32-24-59(54)25-37(39)48(32)43(51)58-33-9-3-6-28(20-33)23-57-49(52)53/h3-4,6,8-14,17-18,20,31-32,37,52-53H,5,7,15-16,19,21-25H2,1-2H3. The van der Waals surface area contributed by atoms with E-state index in [1.54, 1.807) is 30.2 Å². The van der Waals surface area contributed by atoms with E-state index in [-0.39, 0.29) is 54.6 Å². The molecule has 3 atom stereocenters. The van der Waals surface area contributed by atoms with Crippen LogP contribution in [-0.2, 0) is 40.4 Å². The van der Waals surface area contributed by atoms with Gasteiger partial charge in [0.2, 0.25) is 0 Å². The molecule has 2 N–H and O–H groups in total. The number of aryl methyl sites for hydroxylation is 1. The van der Waals surface area contributed by atoms with Gasteiger partial charge in [-0.05, 0) is 114 Å². The number of rotatable bonds is 15. The van der Waals surface area contributed by atoms with Crippen LogP contribution in [0.4, 0.5) is 13.6 Å². The Bertz CT molecular complexity index is 2210. The molecule has 4 aromatic carbocycles. The monoisotopic (exact) mass is 851 g/mol. The molecule has 12 nitrogen and oxygen atoms in total. The zero-order valence-corrected chi connectivity index (χ0v) is 34.0. The maximum Gasteiger partial charge on any atom is 0.416 e. The van der Waals surface area contributed by atoms with Crippen molar-refractivity contribution in [2.75, 3.05) is 25.2 Å². The molecule has 0 spiro atoms. The number of carbonyl (C=O) groups is 2. The molecule has 0 radical (unpaired) electrons. The summed E-state index contributed by atoms with van der Waals surface area (Å²) in [5.41, 5.74) is 5.23. The van der Waals surface area contributed by atoms with E-state index < -0.39 is 51.4 Å². The minimum atomic E-state index is -1.34. The van der Waals surface area contributed by atoms with Gasteiger partial charge in [-0.1, -0.05) is 60.1 Å². The maximum absolute atomic E-state index is 15.2. The van der Waals surface area contributed by atoms with Gasteiger partial charge in [0.05, 0.1) is 31.8 Å². The van der Waals surface area contributed by atoms with Crippen LogP contribution in [0.5, 0.6) is 17.2 Å². The van der Waals surface area contributed by atoms with Crippen LogP contribution >= 0.6 is 11.6 Å². The molecule has 1 saturated carbocycles. The normalized spacial score (nSPS) is 18.9. The van der Waals surface area contributed by atoms with E-state index in [1.165, 1.54) is 6.07 Å². The Kier molecular flexibility index (Phi) is 13.4. The Morgan fingerprint density at radius 3 is 2.46 bits per heavy atom. The lowest BCUT2D eigenvalue weighted by Crippen LogP contribution is -2.62. The molecule has 2 aliphatic heterocycles. The second kappa shape index (κ2) is 18.7. The van der Waals surface area contributed by atoms with Crippen LogP contribution in [0.25, 0.3) is 5.57 Å². The van der Waals surface area contributed by atoms with Crippen LogP contribution in [0.1, 0.15) is 53.5 Å². The van der Waals surface area contributed by atoms with E-state index in [1.807, 2.05) is 54.3 Å². The summed E-state index contributed by atoms with van der Waals surface area (Å²) in [6.45, 7) is 2.16. The quantitative estimate of drug-likeness (QED) is 0.0526.